The van der Waals surface area contributed by atoms with E-state index < -0.39 is 22.6 Å². The Balaban J connectivity index is 1.25. The molecular weight excluding hydrogens is 501 g/mol. The fourth-order valence-electron chi connectivity index (χ4n) is 3.99. The van der Waals surface area contributed by atoms with Gasteiger partial charge in [-0.05, 0) is 55.3 Å². The third kappa shape index (κ3) is 5.14. The summed E-state index contributed by atoms with van der Waals surface area (Å²) in [7, 11) is -3.28. The lowest BCUT2D eigenvalue weighted by atomic mass is 10.2. The number of nitrogens with one attached hydrogen (secondary N) is 1. The second-order valence-corrected chi connectivity index (χ2v) is 10.2. The van der Waals surface area contributed by atoms with Gasteiger partial charge in [0.2, 0.25) is 15.8 Å². The van der Waals surface area contributed by atoms with Crippen LogP contribution in [-0.4, -0.2) is 48.1 Å². The van der Waals surface area contributed by atoms with E-state index >= 15 is 0 Å². The third-order valence-corrected chi connectivity index (χ3v) is 7.51. The van der Waals surface area contributed by atoms with Gasteiger partial charge >= 0.3 is 6.36 Å². The molecule has 2 aliphatic heterocycles. The van der Waals surface area contributed by atoms with Crippen LogP contribution >= 0.6 is 0 Å². The highest BCUT2D eigenvalue weighted by Crippen LogP contribution is 2.28. The molecule has 14 heteroatoms. The molecule has 3 aromatic rings. The molecule has 0 radical (unpaired) electrons. The molecule has 2 aliphatic rings. The minimum Gasteiger partial charge on any atom is -0.406 e. The summed E-state index contributed by atoms with van der Waals surface area (Å²) in [6.07, 6.45) is -4.82. The van der Waals surface area contributed by atoms with Gasteiger partial charge in [0.05, 0.1) is 18.0 Å². The highest BCUT2D eigenvalue weighted by atomic mass is 32.2. The van der Waals surface area contributed by atoms with Crippen molar-refractivity contribution in [3.8, 4) is 17.1 Å². The standard InChI is InChI=1S/C22H21F3N6O4S/c1-14-26-20(21-27-19(29-35-21)16-6-8-18(9-7-16)34-22(23,24)25)28-30(14)13-15-4-2-5-17(12-15)31-10-3-11-36(31,32)33/h2,4-9,12,20,28H,3,10-11,13H2,1H3. The Morgan fingerprint density at radius 2 is 1.97 bits per heavy atom. The molecule has 190 valence electrons. The Morgan fingerprint density at radius 3 is 2.67 bits per heavy atom. The topological polar surface area (TPSA) is 113 Å². The van der Waals surface area contributed by atoms with Crippen LogP contribution in [-0.2, 0) is 16.6 Å². The van der Waals surface area contributed by atoms with Crippen LogP contribution in [0, 0.1) is 0 Å². The minimum atomic E-state index is -4.77. The molecule has 0 spiro atoms. The number of halogens is 3. The molecule has 0 amide bonds. The van der Waals surface area contributed by atoms with Gasteiger partial charge in [0.25, 0.3) is 5.89 Å². The molecule has 0 saturated carbocycles. The van der Waals surface area contributed by atoms with Gasteiger partial charge in [0, 0.05) is 12.1 Å². The van der Waals surface area contributed by atoms with Crippen molar-refractivity contribution in [3.05, 3.63) is 60.0 Å². The minimum absolute atomic E-state index is 0.149. The highest BCUT2D eigenvalue weighted by molar-refractivity contribution is 7.93. The van der Waals surface area contributed by atoms with Crippen molar-refractivity contribution in [2.24, 2.45) is 4.99 Å². The third-order valence-electron chi connectivity index (χ3n) is 5.64. The molecule has 36 heavy (non-hydrogen) atoms. The number of benzene rings is 2. The number of hydrazine groups is 1. The number of aromatic nitrogens is 2. The second-order valence-electron chi connectivity index (χ2n) is 8.23. The first-order valence-electron chi connectivity index (χ1n) is 10.9. The zero-order valence-corrected chi connectivity index (χ0v) is 19.8. The van der Waals surface area contributed by atoms with Gasteiger partial charge in [-0.1, -0.05) is 17.3 Å². The Hall–Kier alpha value is -3.65. The molecule has 0 bridgehead atoms. The molecule has 5 rings (SSSR count). The summed E-state index contributed by atoms with van der Waals surface area (Å²) < 4.78 is 72.2. The number of alkyl halides is 3. The van der Waals surface area contributed by atoms with Gasteiger partial charge < -0.3 is 9.26 Å². The van der Waals surface area contributed by atoms with E-state index in [9.17, 15) is 21.6 Å². The highest BCUT2D eigenvalue weighted by Gasteiger charge is 2.32. The Bertz CT molecular complexity index is 1390. The maximum Gasteiger partial charge on any atom is 0.573 e. The summed E-state index contributed by atoms with van der Waals surface area (Å²) in [5, 5.41) is 5.69. The van der Waals surface area contributed by atoms with Gasteiger partial charge in [0.1, 0.15) is 11.6 Å². The molecule has 1 unspecified atom stereocenters. The Labute approximate surface area is 204 Å². The first kappa shape index (κ1) is 24.1. The van der Waals surface area contributed by atoms with Crippen LogP contribution in [0.15, 0.2) is 58.0 Å². The summed E-state index contributed by atoms with van der Waals surface area (Å²) in [6.45, 7) is 2.68. The smallest absolute Gasteiger partial charge is 0.406 e. The van der Waals surface area contributed by atoms with Crippen LogP contribution in [0.5, 0.6) is 5.75 Å². The van der Waals surface area contributed by atoms with Crippen molar-refractivity contribution < 1.29 is 30.8 Å². The number of aliphatic imine (C=N–C) groups is 1. The Morgan fingerprint density at radius 1 is 1.19 bits per heavy atom. The van der Waals surface area contributed by atoms with E-state index in [4.69, 9.17) is 4.52 Å². The van der Waals surface area contributed by atoms with E-state index in [0.29, 0.717) is 36.6 Å². The van der Waals surface area contributed by atoms with E-state index in [-0.39, 0.29) is 23.2 Å². The van der Waals surface area contributed by atoms with Crippen LogP contribution in [0.4, 0.5) is 18.9 Å². The van der Waals surface area contributed by atoms with Gasteiger partial charge in [0.15, 0.2) is 6.17 Å². The number of nitrogens with zero attached hydrogens (tertiary/aromatic N) is 5. The fourth-order valence-corrected chi connectivity index (χ4v) is 5.54. The molecule has 0 aliphatic carbocycles. The van der Waals surface area contributed by atoms with Gasteiger partial charge in [-0.2, -0.15) is 4.98 Å². The lowest BCUT2D eigenvalue weighted by Crippen LogP contribution is -2.36. The molecule has 1 fully saturated rings. The summed E-state index contributed by atoms with van der Waals surface area (Å²) in [5.41, 5.74) is 5.12. The first-order chi connectivity index (χ1) is 17.1. The van der Waals surface area contributed by atoms with Crippen molar-refractivity contribution in [2.45, 2.75) is 32.4 Å². The molecule has 2 aromatic carbocycles. The monoisotopic (exact) mass is 522 g/mol. The summed E-state index contributed by atoms with van der Waals surface area (Å²) >= 11 is 0. The van der Waals surface area contributed by atoms with Crippen LogP contribution in [0.2, 0.25) is 0 Å². The SMILES string of the molecule is CC1=NC(c2nc(-c3ccc(OC(F)(F)F)cc3)no2)NN1Cc1cccc(N2CCCS2(=O)=O)c1. The van der Waals surface area contributed by atoms with Crippen molar-refractivity contribution in [1.82, 2.24) is 20.6 Å². The number of anilines is 1. The van der Waals surface area contributed by atoms with Gasteiger partial charge in [-0.15, -0.1) is 13.2 Å². The average Bonchev–Trinajstić information content (AvgIpc) is 3.52. The summed E-state index contributed by atoms with van der Waals surface area (Å²) in [5.74, 6) is 0.827. The molecule has 1 saturated heterocycles. The normalized spacial score (nSPS) is 19.6. The van der Waals surface area contributed by atoms with Gasteiger partial charge in [-0.25, -0.2) is 18.8 Å². The van der Waals surface area contributed by atoms with Crippen LogP contribution in [0.25, 0.3) is 11.4 Å². The first-order valence-corrected chi connectivity index (χ1v) is 12.6. The van der Waals surface area contributed by atoms with Gasteiger partial charge in [-0.3, -0.25) is 9.31 Å². The number of hydrogen-bond donors (Lipinski definition) is 1. The number of sulfonamides is 1. The maximum absolute atomic E-state index is 12.4. The van der Waals surface area contributed by atoms with E-state index in [1.165, 1.54) is 16.4 Å². The van der Waals surface area contributed by atoms with E-state index in [0.717, 1.165) is 17.7 Å². The fraction of sp³-hybridized carbons (Fsp3) is 0.318. The molecule has 3 heterocycles. The van der Waals surface area contributed by atoms with Crippen LogP contribution < -0.4 is 14.5 Å². The molecule has 10 nitrogen and oxygen atoms in total. The van der Waals surface area contributed by atoms with Crippen LogP contribution in [0.1, 0.15) is 31.0 Å². The molecule has 1 N–H and O–H groups in total. The van der Waals surface area contributed by atoms with Crippen molar-refractivity contribution in [3.63, 3.8) is 0 Å². The lowest BCUT2D eigenvalue weighted by molar-refractivity contribution is -0.274. The quantitative estimate of drug-likeness (QED) is 0.523. The molecule has 1 atom stereocenters. The summed E-state index contributed by atoms with van der Waals surface area (Å²) in [6, 6.07) is 12.4. The second kappa shape index (κ2) is 9.09. The molecular formula is C22H21F3N6O4S. The van der Waals surface area contributed by atoms with Crippen LogP contribution in [0.3, 0.4) is 0 Å². The number of rotatable bonds is 6. The lowest BCUT2D eigenvalue weighted by Gasteiger charge is -2.21. The van der Waals surface area contributed by atoms with Crippen molar-refractivity contribution in [2.75, 3.05) is 16.6 Å². The van der Waals surface area contributed by atoms with E-state index in [1.807, 2.05) is 18.2 Å². The average molecular weight is 523 g/mol. The van der Waals surface area contributed by atoms with E-state index in [1.54, 1.807) is 18.0 Å². The number of hydrogen-bond acceptors (Lipinski definition) is 9. The number of amidine groups is 1. The van der Waals surface area contributed by atoms with Crippen molar-refractivity contribution in [1.29, 1.82) is 0 Å². The predicted molar refractivity (Wildman–Crippen MR) is 123 cm³/mol. The van der Waals surface area contributed by atoms with E-state index in [2.05, 4.69) is 25.3 Å². The molecule has 1 aromatic heterocycles. The maximum atomic E-state index is 12.4. The zero-order chi connectivity index (χ0) is 25.5. The summed E-state index contributed by atoms with van der Waals surface area (Å²) in [4.78, 5) is 8.82. The Kier molecular flexibility index (Phi) is 6.08. The van der Waals surface area contributed by atoms with Crippen molar-refractivity contribution >= 4 is 21.5 Å². The predicted octanol–water partition coefficient (Wildman–Crippen LogP) is 3.61. The number of ether oxygens (including phenoxy) is 1. The zero-order valence-electron chi connectivity index (χ0n) is 18.9. The largest absolute Gasteiger partial charge is 0.573 e.